The zero-order valence-electron chi connectivity index (χ0n) is 15.2. The highest BCUT2D eigenvalue weighted by atomic mass is 15.4. The summed E-state index contributed by atoms with van der Waals surface area (Å²) in [6.45, 7) is 4.02. The molecule has 2 unspecified atom stereocenters. The number of hydrogen-bond acceptors (Lipinski definition) is 4. The van der Waals surface area contributed by atoms with Gasteiger partial charge in [0, 0.05) is 25.2 Å². The summed E-state index contributed by atoms with van der Waals surface area (Å²) in [6, 6.07) is 20.1. The third kappa shape index (κ3) is 3.33. The van der Waals surface area contributed by atoms with Gasteiger partial charge in [-0.1, -0.05) is 61.9 Å². The molecular formula is C22H26N4. The van der Waals surface area contributed by atoms with Gasteiger partial charge in [0.2, 0.25) is 0 Å². The number of nitrogens with one attached hydrogen (secondary N) is 2. The molecule has 2 aliphatic rings. The summed E-state index contributed by atoms with van der Waals surface area (Å²) < 4.78 is 0. The minimum absolute atomic E-state index is 0.317. The van der Waals surface area contributed by atoms with Gasteiger partial charge in [0.15, 0.2) is 6.19 Å². The van der Waals surface area contributed by atoms with Crippen molar-refractivity contribution in [1.82, 2.24) is 15.8 Å². The predicted octanol–water partition coefficient (Wildman–Crippen LogP) is 3.70. The summed E-state index contributed by atoms with van der Waals surface area (Å²) in [6.07, 6.45) is 4.54. The molecule has 134 valence electrons. The minimum atomic E-state index is 0.317. The number of hydrogen-bond donors (Lipinski definition) is 2. The van der Waals surface area contributed by atoms with Gasteiger partial charge in [-0.15, -0.1) is 0 Å². The fraction of sp³-hybridized carbons (Fsp3) is 0.409. The quantitative estimate of drug-likeness (QED) is 0.829. The SMILES string of the molecule is CC[C@@H]1CN(C#N)C[C@H]1C1CC(c2cccc(-c3ccccc3)c2)NN1. The lowest BCUT2D eigenvalue weighted by atomic mass is 9.84. The van der Waals surface area contributed by atoms with Crippen LogP contribution in [0.3, 0.4) is 0 Å². The van der Waals surface area contributed by atoms with E-state index in [-0.39, 0.29) is 0 Å². The maximum absolute atomic E-state index is 9.25. The van der Waals surface area contributed by atoms with Gasteiger partial charge in [-0.05, 0) is 41.0 Å². The fourth-order valence-electron chi connectivity index (χ4n) is 4.51. The molecule has 4 heteroatoms. The summed E-state index contributed by atoms with van der Waals surface area (Å²) >= 11 is 0. The second kappa shape index (κ2) is 7.49. The molecule has 4 atom stereocenters. The molecule has 2 N–H and O–H groups in total. The van der Waals surface area contributed by atoms with Crippen LogP contribution in [-0.2, 0) is 0 Å². The molecular weight excluding hydrogens is 320 g/mol. The van der Waals surface area contributed by atoms with Crippen molar-refractivity contribution in [3.05, 3.63) is 60.2 Å². The van der Waals surface area contributed by atoms with Crippen molar-refractivity contribution in [1.29, 1.82) is 5.26 Å². The maximum Gasteiger partial charge on any atom is 0.179 e. The Morgan fingerprint density at radius 2 is 1.85 bits per heavy atom. The van der Waals surface area contributed by atoms with Gasteiger partial charge in [-0.3, -0.25) is 10.9 Å². The Bertz CT molecular complexity index is 782. The maximum atomic E-state index is 9.25. The molecule has 0 spiro atoms. The molecule has 2 aliphatic heterocycles. The number of benzene rings is 2. The van der Waals surface area contributed by atoms with Crippen LogP contribution in [0.1, 0.15) is 31.4 Å². The van der Waals surface area contributed by atoms with Gasteiger partial charge in [0.1, 0.15) is 0 Å². The van der Waals surface area contributed by atoms with Crippen LogP contribution in [-0.4, -0.2) is 24.0 Å². The number of nitriles is 1. The van der Waals surface area contributed by atoms with Crippen molar-refractivity contribution >= 4 is 0 Å². The van der Waals surface area contributed by atoms with E-state index in [1.807, 2.05) is 4.90 Å². The highest BCUT2D eigenvalue weighted by Gasteiger charge is 2.40. The average molecular weight is 346 g/mol. The third-order valence-corrected chi connectivity index (χ3v) is 6.00. The lowest BCUT2D eigenvalue weighted by Crippen LogP contribution is -2.39. The van der Waals surface area contributed by atoms with Crippen LogP contribution >= 0.6 is 0 Å². The van der Waals surface area contributed by atoms with E-state index in [1.165, 1.54) is 16.7 Å². The molecule has 2 heterocycles. The number of hydrazine groups is 1. The molecule has 4 rings (SSSR count). The summed E-state index contributed by atoms with van der Waals surface area (Å²) in [4.78, 5) is 1.92. The summed E-state index contributed by atoms with van der Waals surface area (Å²) in [5, 5.41) is 9.25. The molecule has 26 heavy (non-hydrogen) atoms. The van der Waals surface area contributed by atoms with E-state index >= 15 is 0 Å². The summed E-state index contributed by atoms with van der Waals surface area (Å²) in [7, 11) is 0. The van der Waals surface area contributed by atoms with Gasteiger partial charge in [-0.25, -0.2) is 0 Å². The van der Waals surface area contributed by atoms with Crippen molar-refractivity contribution in [2.75, 3.05) is 13.1 Å². The van der Waals surface area contributed by atoms with Crippen molar-refractivity contribution in [2.45, 2.75) is 31.8 Å². The first-order valence-electron chi connectivity index (χ1n) is 9.59. The van der Waals surface area contributed by atoms with Crippen molar-refractivity contribution in [2.24, 2.45) is 11.8 Å². The van der Waals surface area contributed by atoms with E-state index in [0.717, 1.165) is 25.9 Å². The van der Waals surface area contributed by atoms with Gasteiger partial charge < -0.3 is 4.90 Å². The molecule has 0 bridgehead atoms. The summed E-state index contributed by atoms with van der Waals surface area (Å²) in [5.41, 5.74) is 10.9. The first kappa shape index (κ1) is 17.1. The standard InChI is InChI=1S/C22H26N4/c1-2-16-13-26(15-23)14-20(16)22-12-21(24-25-22)19-10-6-9-18(11-19)17-7-4-3-5-8-17/h3-11,16,20-22,24-25H,2,12-14H2,1H3/t16-,20-,21?,22?/m1/s1. The fourth-order valence-corrected chi connectivity index (χ4v) is 4.51. The molecule has 4 nitrogen and oxygen atoms in total. The molecule has 0 aromatic heterocycles. The third-order valence-electron chi connectivity index (χ3n) is 6.00. The number of rotatable bonds is 4. The largest absolute Gasteiger partial charge is 0.310 e. The van der Waals surface area contributed by atoms with Crippen LogP contribution in [0.2, 0.25) is 0 Å². The van der Waals surface area contributed by atoms with E-state index in [2.05, 4.69) is 78.6 Å². The molecule has 2 aromatic rings. The van der Waals surface area contributed by atoms with E-state index in [0.29, 0.717) is 23.9 Å². The van der Waals surface area contributed by atoms with Crippen molar-refractivity contribution in [3.63, 3.8) is 0 Å². The lowest BCUT2D eigenvalue weighted by Gasteiger charge is -2.22. The van der Waals surface area contributed by atoms with Gasteiger partial charge >= 0.3 is 0 Å². The molecule has 0 radical (unpaired) electrons. The molecule has 2 aromatic carbocycles. The Balaban J connectivity index is 1.48. The lowest BCUT2D eigenvalue weighted by molar-refractivity contribution is 0.310. The zero-order valence-corrected chi connectivity index (χ0v) is 15.2. The smallest absolute Gasteiger partial charge is 0.179 e. The van der Waals surface area contributed by atoms with Crippen LogP contribution in [0.4, 0.5) is 0 Å². The first-order chi connectivity index (χ1) is 12.8. The molecule has 0 saturated carbocycles. The molecule has 0 aliphatic carbocycles. The van der Waals surface area contributed by atoms with Crippen molar-refractivity contribution in [3.8, 4) is 17.3 Å². The number of nitrogens with zero attached hydrogens (tertiary/aromatic N) is 2. The second-order valence-electron chi connectivity index (χ2n) is 7.51. The Morgan fingerprint density at radius 3 is 2.62 bits per heavy atom. The Hall–Kier alpha value is -2.35. The van der Waals surface area contributed by atoms with Crippen molar-refractivity contribution < 1.29 is 0 Å². The Labute approximate surface area is 155 Å². The topological polar surface area (TPSA) is 51.1 Å². The second-order valence-corrected chi connectivity index (χ2v) is 7.51. The van der Waals surface area contributed by atoms with E-state index < -0.39 is 0 Å². The molecule has 2 saturated heterocycles. The number of likely N-dealkylation sites (tertiary alicyclic amines) is 1. The van der Waals surface area contributed by atoms with Gasteiger partial charge in [0.25, 0.3) is 0 Å². The highest BCUT2D eigenvalue weighted by Crippen LogP contribution is 2.35. The highest BCUT2D eigenvalue weighted by molar-refractivity contribution is 5.64. The molecule has 0 amide bonds. The Kier molecular flexibility index (Phi) is 4.92. The zero-order chi connectivity index (χ0) is 17.9. The van der Waals surface area contributed by atoms with Gasteiger partial charge in [0.05, 0.1) is 0 Å². The van der Waals surface area contributed by atoms with Crippen LogP contribution in [0.15, 0.2) is 54.6 Å². The Morgan fingerprint density at radius 1 is 1.04 bits per heavy atom. The predicted molar refractivity (Wildman–Crippen MR) is 104 cm³/mol. The summed E-state index contributed by atoms with van der Waals surface area (Å²) in [5.74, 6) is 1.14. The van der Waals surface area contributed by atoms with Gasteiger partial charge in [-0.2, -0.15) is 5.26 Å². The van der Waals surface area contributed by atoms with Crippen LogP contribution < -0.4 is 10.9 Å². The first-order valence-corrected chi connectivity index (χ1v) is 9.59. The monoisotopic (exact) mass is 346 g/mol. The normalized spacial score (nSPS) is 28.2. The minimum Gasteiger partial charge on any atom is -0.310 e. The van der Waals surface area contributed by atoms with E-state index in [4.69, 9.17) is 0 Å². The average Bonchev–Trinajstić information content (AvgIpc) is 3.35. The van der Waals surface area contributed by atoms with Crippen LogP contribution in [0.25, 0.3) is 11.1 Å². The van der Waals surface area contributed by atoms with E-state index in [9.17, 15) is 5.26 Å². The molecule has 2 fully saturated rings. The van der Waals surface area contributed by atoms with Crippen LogP contribution in [0, 0.1) is 23.3 Å². The van der Waals surface area contributed by atoms with E-state index in [1.54, 1.807) is 0 Å². The van der Waals surface area contributed by atoms with Crippen LogP contribution in [0.5, 0.6) is 0 Å².